The highest BCUT2D eigenvalue weighted by molar-refractivity contribution is 5.74. The van der Waals surface area contributed by atoms with E-state index in [9.17, 15) is 5.11 Å². The second-order valence-electron chi connectivity index (χ2n) is 5.23. The van der Waals surface area contributed by atoms with Gasteiger partial charge in [-0.2, -0.15) is 0 Å². The van der Waals surface area contributed by atoms with Crippen LogP contribution in [-0.4, -0.2) is 36.8 Å². The Balaban J connectivity index is 2.07. The van der Waals surface area contributed by atoms with Crippen molar-refractivity contribution in [2.24, 2.45) is 0 Å². The molecule has 7 heteroatoms. The lowest BCUT2D eigenvalue weighted by atomic mass is 10.1. The van der Waals surface area contributed by atoms with Crippen LogP contribution < -0.4 is 4.74 Å². The van der Waals surface area contributed by atoms with Gasteiger partial charge in [0.1, 0.15) is 5.75 Å². The predicted molar refractivity (Wildman–Crippen MR) is 78.9 cm³/mol. The molecule has 0 aliphatic carbocycles. The number of hydrogen-bond donors (Lipinski definition) is 1. The van der Waals surface area contributed by atoms with Crippen LogP contribution in [0.25, 0.3) is 16.9 Å². The van der Waals surface area contributed by atoms with Crippen molar-refractivity contribution < 1.29 is 9.84 Å². The number of aliphatic hydroxyl groups is 1. The third kappa shape index (κ3) is 1.69. The second kappa shape index (κ2) is 4.67. The summed E-state index contributed by atoms with van der Waals surface area (Å²) < 4.78 is 9.19. The summed E-state index contributed by atoms with van der Waals surface area (Å²) in [5, 5.41) is 17.9. The zero-order valence-electron chi connectivity index (χ0n) is 12.3. The first-order valence-corrected chi connectivity index (χ1v) is 6.97. The Bertz CT molecular complexity index is 865. The largest absolute Gasteiger partial charge is 0.497 e. The Morgan fingerprint density at radius 1 is 1.36 bits per heavy atom. The standard InChI is InChI=1S/C15H15N5O2/c1-9-15-11-5-10(22-2)3-4-13(11)19-8-16-12(7-21)14(19)6-20(15)18-17-9/h3-5,8,21H,6-7H2,1-2H3. The Hall–Kier alpha value is -2.67. The molecule has 0 fully saturated rings. The Kier molecular flexibility index (Phi) is 2.77. The monoisotopic (exact) mass is 297 g/mol. The van der Waals surface area contributed by atoms with Gasteiger partial charge in [-0.15, -0.1) is 5.10 Å². The highest BCUT2D eigenvalue weighted by Gasteiger charge is 2.25. The molecule has 3 aromatic rings. The summed E-state index contributed by atoms with van der Waals surface area (Å²) in [5.41, 5.74) is 5.36. The smallest absolute Gasteiger partial charge is 0.119 e. The number of rotatable bonds is 2. The van der Waals surface area contributed by atoms with E-state index in [0.717, 1.165) is 34.1 Å². The van der Waals surface area contributed by atoms with Crippen LogP contribution in [0.2, 0.25) is 0 Å². The van der Waals surface area contributed by atoms with Crippen molar-refractivity contribution in [1.29, 1.82) is 0 Å². The first-order chi connectivity index (χ1) is 10.7. The van der Waals surface area contributed by atoms with Gasteiger partial charge >= 0.3 is 0 Å². The summed E-state index contributed by atoms with van der Waals surface area (Å²) in [6, 6.07) is 5.88. The van der Waals surface area contributed by atoms with Crippen molar-refractivity contribution in [2.45, 2.75) is 20.1 Å². The van der Waals surface area contributed by atoms with Gasteiger partial charge in [-0.25, -0.2) is 9.67 Å². The molecule has 2 aromatic heterocycles. The molecule has 22 heavy (non-hydrogen) atoms. The van der Waals surface area contributed by atoms with Gasteiger partial charge < -0.3 is 14.4 Å². The van der Waals surface area contributed by atoms with Crippen LogP contribution in [0.1, 0.15) is 17.1 Å². The third-order valence-electron chi connectivity index (χ3n) is 4.02. The SMILES string of the molecule is COc1ccc2c(c1)-c1c(C)nnn1Cc1c(CO)ncn1-2. The Morgan fingerprint density at radius 3 is 3.00 bits per heavy atom. The minimum atomic E-state index is -0.100. The fourth-order valence-electron chi connectivity index (χ4n) is 2.95. The first kappa shape index (κ1) is 13.0. The molecule has 0 atom stereocenters. The number of imidazole rings is 1. The molecule has 0 saturated carbocycles. The Morgan fingerprint density at radius 2 is 2.23 bits per heavy atom. The number of hydrogen-bond acceptors (Lipinski definition) is 5. The summed E-state index contributed by atoms with van der Waals surface area (Å²) in [6.45, 7) is 2.36. The highest BCUT2D eigenvalue weighted by atomic mass is 16.5. The van der Waals surface area contributed by atoms with Crippen LogP contribution >= 0.6 is 0 Å². The van der Waals surface area contributed by atoms with Crippen LogP contribution in [0.15, 0.2) is 24.5 Å². The molecule has 0 bridgehead atoms. The maximum absolute atomic E-state index is 9.52. The fraction of sp³-hybridized carbons (Fsp3) is 0.267. The van der Waals surface area contributed by atoms with Gasteiger partial charge in [0.05, 0.1) is 55.1 Å². The summed E-state index contributed by atoms with van der Waals surface area (Å²) in [5.74, 6) is 0.775. The molecule has 1 N–H and O–H groups in total. The van der Waals surface area contributed by atoms with Crippen LogP contribution in [-0.2, 0) is 13.2 Å². The molecule has 0 amide bonds. The van der Waals surface area contributed by atoms with Crippen LogP contribution in [0.5, 0.6) is 5.75 Å². The number of aromatic nitrogens is 5. The van der Waals surface area contributed by atoms with Crippen molar-refractivity contribution >= 4 is 0 Å². The quantitative estimate of drug-likeness (QED) is 0.603. The summed E-state index contributed by atoms with van der Waals surface area (Å²) in [4.78, 5) is 4.30. The van der Waals surface area contributed by atoms with Crippen molar-refractivity contribution in [3.8, 4) is 22.7 Å². The van der Waals surface area contributed by atoms with Gasteiger partial charge in [-0.1, -0.05) is 5.21 Å². The van der Waals surface area contributed by atoms with Gasteiger partial charge in [0.25, 0.3) is 0 Å². The molecule has 0 unspecified atom stereocenters. The van der Waals surface area contributed by atoms with Gasteiger partial charge in [-0.3, -0.25) is 0 Å². The van der Waals surface area contributed by atoms with E-state index in [1.165, 1.54) is 0 Å². The lowest BCUT2D eigenvalue weighted by Gasteiger charge is -2.11. The number of ether oxygens (including phenoxy) is 1. The van der Waals surface area contributed by atoms with E-state index < -0.39 is 0 Å². The normalized spacial score (nSPS) is 12.3. The van der Waals surface area contributed by atoms with Gasteiger partial charge in [0.2, 0.25) is 0 Å². The van der Waals surface area contributed by atoms with E-state index in [0.29, 0.717) is 12.2 Å². The van der Waals surface area contributed by atoms with Crippen LogP contribution in [0, 0.1) is 6.92 Å². The molecular weight excluding hydrogens is 282 g/mol. The fourth-order valence-corrected chi connectivity index (χ4v) is 2.95. The first-order valence-electron chi connectivity index (χ1n) is 6.97. The molecular formula is C15H15N5O2. The van der Waals surface area contributed by atoms with Crippen LogP contribution in [0.4, 0.5) is 0 Å². The molecule has 1 aliphatic rings. The molecule has 0 spiro atoms. The molecule has 7 nitrogen and oxygen atoms in total. The number of aliphatic hydroxyl groups excluding tert-OH is 1. The predicted octanol–water partition coefficient (Wildman–Crippen LogP) is 1.30. The third-order valence-corrected chi connectivity index (χ3v) is 4.02. The zero-order chi connectivity index (χ0) is 15.3. The molecule has 1 aliphatic heterocycles. The van der Waals surface area contributed by atoms with Crippen molar-refractivity contribution in [1.82, 2.24) is 24.5 Å². The maximum atomic E-state index is 9.52. The number of aryl methyl sites for hydroxylation is 1. The average molecular weight is 297 g/mol. The summed E-state index contributed by atoms with van der Waals surface area (Å²) in [6.07, 6.45) is 1.74. The second-order valence-corrected chi connectivity index (χ2v) is 5.23. The molecule has 1 aromatic carbocycles. The number of fused-ring (bicyclic) bond motifs is 5. The van der Waals surface area contributed by atoms with E-state index >= 15 is 0 Å². The summed E-state index contributed by atoms with van der Waals surface area (Å²) >= 11 is 0. The minimum absolute atomic E-state index is 0.100. The number of benzene rings is 1. The highest BCUT2D eigenvalue weighted by Crippen LogP contribution is 2.35. The van der Waals surface area contributed by atoms with Crippen molar-refractivity contribution in [3.63, 3.8) is 0 Å². The van der Waals surface area contributed by atoms with Crippen molar-refractivity contribution in [3.05, 3.63) is 41.6 Å². The number of nitrogens with zero attached hydrogens (tertiary/aromatic N) is 5. The Labute approximate surface area is 126 Å². The van der Waals surface area contributed by atoms with Gasteiger partial charge in [-0.05, 0) is 25.1 Å². The van der Waals surface area contributed by atoms with E-state index in [2.05, 4.69) is 15.3 Å². The zero-order valence-corrected chi connectivity index (χ0v) is 12.3. The number of methoxy groups -OCH3 is 1. The maximum Gasteiger partial charge on any atom is 0.119 e. The topological polar surface area (TPSA) is 78.0 Å². The molecule has 4 rings (SSSR count). The average Bonchev–Trinajstić information content (AvgIpc) is 3.07. The van der Waals surface area contributed by atoms with E-state index in [-0.39, 0.29) is 6.61 Å². The minimum Gasteiger partial charge on any atom is -0.497 e. The van der Waals surface area contributed by atoms with Crippen molar-refractivity contribution in [2.75, 3.05) is 7.11 Å². The van der Waals surface area contributed by atoms with E-state index in [4.69, 9.17) is 4.74 Å². The molecule has 0 saturated heterocycles. The molecule has 3 heterocycles. The van der Waals surface area contributed by atoms with Gasteiger partial charge in [0.15, 0.2) is 0 Å². The van der Waals surface area contributed by atoms with Crippen LogP contribution in [0.3, 0.4) is 0 Å². The van der Waals surface area contributed by atoms with E-state index in [1.807, 2.05) is 34.4 Å². The van der Waals surface area contributed by atoms with E-state index in [1.54, 1.807) is 13.4 Å². The molecule has 112 valence electrons. The molecule has 0 radical (unpaired) electrons. The lowest BCUT2D eigenvalue weighted by molar-refractivity contribution is 0.275. The summed E-state index contributed by atoms with van der Waals surface area (Å²) in [7, 11) is 1.65. The lowest BCUT2D eigenvalue weighted by Crippen LogP contribution is -2.07. The van der Waals surface area contributed by atoms with Gasteiger partial charge in [0, 0.05) is 5.56 Å².